The molecule has 2 heterocycles. The Hall–Kier alpha value is -4.04. The summed E-state index contributed by atoms with van der Waals surface area (Å²) < 4.78 is 0. The molecule has 0 bridgehead atoms. The van der Waals surface area contributed by atoms with Gasteiger partial charge in [-0.05, 0) is 23.3 Å². The number of hydrogen-bond donors (Lipinski definition) is 0. The van der Waals surface area contributed by atoms with Crippen molar-refractivity contribution in [2.24, 2.45) is 0 Å². The predicted octanol–water partition coefficient (Wildman–Crippen LogP) is 7.27. The third-order valence-electron chi connectivity index (χ3n) is 5.63. The molecule has 140 valence electrons. The molecule has 0 spiro atoms. The maximum absolute atomic E-state index is 5.13. The quantitative estimate of drug-likeness (QED) is 0.294. The Morgan fingerprint density at radius 3 is 1.17 bits per heavy atom. The molecule has 0 radical (unpaired) electrons. The lowest BCUT2D eigenvalue weighted by Gasteiger charge is -2.15. The molecule has 0 aliphatic rings. The van der Waals surface area contributed by atoms with Crippen molar-refractivity contribution < 1.29 is 0 Å². The summed E-state index contributed by atoms with van der Waals surface area (Å²) in [5.74, 6) is 0. The summed E-state index contributed by atoms with van der Waals surface area (Å²) in [6.07, 6.45) is 0. The lowest BCUT2D eigenvalue weighted by Crippen LogP contribution is -1.96. The zero-order valence-corrected chi connectivity index (χ0v) is 16.3. The van der Waals surface area contributed by atoms with Gasteiger partial charge in [-0.15, -0.1) is 0 Å². The monoisotopic (exact) mass is 382 g/mol. The second kappa shape index (κ2) is 6.78. The average molecular weight is 382 g/mol. The first-order chi connectivity index (χ1) is 14.9. The number of rotatable bonds is 2. The van der Waals surface area contributed by atoms with E-state index in [1.807, 2.05) is 24.3 Å². The molecule has 2 heteroatoms. The van der Waals surface area contributed by atoms with Crippen LogP contribution in [0.4, 0.5) is 0 Å². The highest BCUT2D eigenvalue weighted by atomic mass is 14.8. The van der Waals surface area contributed by atoms with Crippen molar-refractivity contribution in [3.8, 4) is 22.3 Å². The number of aromatic nitrogens is 2. The Labute approximate surface area is 174 Å². The number of nitrogens with zero attached hydrogens (tertiary/aromatic N) is 2. The van der Waals surface area contributed by atoms with E-state index in [1.54, 1.807) is 0 Å². The van der Waals surface area contributed by atoms with Crippen LogP contribution in [-0.4, -0.2) is 9.97 Å². The summed E-state index contributed by atoms with van der Waals surface area (Å²) >= 11 is 0. The normalized spacial score (nSPS) is 11.3. The third-order valence-corrected chi connectivity index (χ3v) is 5.63. The van der Waals surface area contributed by atoms with E-state index in [4.69, 9.17) is 9.97 Å². The van der Waals surface area contributed by atoms with E-state index in [0.717, 1.165) is 55.1 Å². The summed E-state index contributed by atoms with van der Waals surface area (Å²) in [6, 6.07) is 37.7. The summed E-state index contributed by atoms with van der Waals surface area (Å²) in [6.45, 7) is 0. The van der Waals surface area contributed by atoms with Gasteiger partial charge in [0, 0.05) is 21.9 Å². The molecule has 0 aliphatic carbocycles. The van der Waals surface area contributed by atoms with Crippen LogP contribution >= 0.6 is 0 Å². The van der Waals surface area contributed by atoms with Crippen LogP contribution in [0.5, 0.6) is 0 Å². The smallest absolute Gasteiger partial charge is 0.0985 e. The van der Waals surface area contributed by atoms with Gasteiger partial charge in [0.2, 0.25) is 0 Å². The molecule has 0 fully saturated rings. The Bertz CT molecular complexity index is 1400. The van der Waals surface area contributed by atoms with Crippen molar-refractivity contribution in [3.05, 3.63) is 109 Å². The standard InChI is InChI=1S/C28H18N2/c1-3-11-19(12-4-1)25-21-15-7-9-17-23(21)30-28-26(20-13-5-2-6-14-20)22-16-8-10-18-24(22)29-27(25)28/h1-18H. The van der Waals surface area contributed by atoms with Crippen molar-refractivity contribution in [1.82, 2.24) is 9.97 Å². The van der Waals surface area contributed by atoms with Gasteiger partial charge in [0.05, 0.1) is 22.1 Å². The SMILES string of the molecule is c1ccc(-c2c3ccccc3nc3c(-c4ccccc4)c4ccccc4nc23)cc1. The van der Waals surface area contributed by atoms with Crippen LogP contribution in [-0.2, 0) is 0 Å². The summed E-state index contributed by atoms with van der Waals surface area (Å²) in [7, 11) is 0. The van der Waals surface area contributed by atoms with Crippen LogP contribution in [0, 0.1) is 0 Å². The predicted molar refractivity (Wildman–Crippen MR) is 125 cm³/mol. The minimum atomic E-state index is 0.942. The van der Waals surface area contributed by atoms with E-state index in [9.17, 15) is 0 Å². The zero-order valence-electron chi connectivity index (χ0n) is 16.3. The highest BCUT2D eigenvalue weighted by Crippen LogP contribution is 2.40. The van der Waals surface area contributed by atoms with Crippen LogP contribution in [0.25, 0.3) is 55.1 Å². The lowest BCUT2D eigenvalue weighted by atomic mass is 9.94. The van der Waals surface area contributed by atoms with E-state index >= 15 is 0 Å². The molecule has 0 atom stereocenters. The fourth-order valence-corrected chi connectivity index (χ4v) is 4.31. The van der Waals surface area contributed by atoms with Gasteiger partial charge in [0.15, 0.2) is 0 Å². The van der Waals surface area contributed by atoms with E-state index in [2.05, 4.69) is 84.9 Å². The molecular weight excluding hydrogens is 364 g/mol. The van der Waals surface area contributed by atoms with Gasteiger partial charge < -0.3 is 0 Å². The Balaban J connectivity index is 1.89. The van der Waals surface area contributed by atoms with Gasteiger partial charge in [-0.1, -0.05) is 97.1 Å². The topological polar surface area (TPSA) is 25.8 Å². The van der Waals surface area contributed by atoms with Crippen molar-refractivity contribution in [3.63, 3.8) is 0 Å². The molecular formula is C28H18N2. The Morgan fingerprint density at radius 1 is 0.367 bits per heavy atom. The molecule has 2 nitrogen and oxygen atoms in total. The second-order valence-corrected chi connectivity index (χ2v) is 7.44. The van der Waals surface area contributed by atoms with E-state index in [1.165, 1.54) is 0 Å². The number of para-hydroxylation sites is 2. The van der Waals surface area contributed by atoms with E-state index < -0.39 is 0 Å². The maximum Gasteiger partial charge on any atom is 0.0985 e. The van der Waals surface area contributed by atoms with Gasteiger partial charge in [0.1, 0.15) is 0 Å². The molecule has 0 amide bonds. The van der Waals surface area contributed by atoms with Crippen LogP contribution in [0.1, 0.15) is 0 Å². The van der Waals surface area contributed by atoms with Gasteiger partial charge in [-0.2, -0.15) is 0 Å². The molecule has 0 saturated heterocycles. The average Bonchev–Trinajstić information content (AvgIpc) is 2.82. The van der Waals surface area contributed by atoms with Crippen molar-refractivity contribution in [2.45, 2.75) is 0 Å². The minimum Gasteiger partial charge on any atom is -0.245 e. The van der Waals surface area contributed by atoms with Gasteiger partial charge in [-0.3, -0.25) is 0 Å². The molecule has 6 rings (SSSR count). The summed E-state index contributed by atoms with van der Waals surface area (Å²) in [4.78, 5) is 10.3. The largest absolute Gasteiger partial charge is 0.245 e. The Morgan fingerprint density at radius 2 is 0.733 bits per heavy atom. The van der Waals surface area contributed by atoms with Crippen molar-refractivity contribution >= 4 is 32.8 Å². The molecule has 2 aromatic heterocycles. The first-order valence-electron chi connectivity index (χ1n) is 10.1. The van der Waals surface area contributed by atoms with Gasteiger partial charge >= 0.3 is 0 Å². The first kappa shape index (κ1) is 16.9. The fourth-order valence-electron chi connectivity index (χ4n) is 4.31. The molecule has 0 aliphatic heterocycles. The van der Waals surface area contributed by atoms with Crippen LogP contribution in [0.3, 0.4) is 0 Å². The van der Waals surface area contributed by atoms with Gasteiger partial charge in [0.25, 0.3) is 0 Å². The van der Waals surface area contributed by atoms with Crippen LogP contribution in [0.2, 0.25) is 0 Å². The highest BCUT2D eigenvalue weighted by Gasteiger charge is 2.18. The molecule has 0 N–H and O–H groups in total. The van der Waals surface area contributed by atoms with Crippen molar-refractivity contribution in [1.29, 1.82) is 0 Å². The summed E-state index contributed by atoms with van der Waals surface area (Å²) in [5.41, 5.74) is 8.44. The van der Waals surface area contributed by atoms with Crippen LogP contribution < -0.4 is 0 Å². The first-order valence-corrected chi connectivity index (χ1v) is 10.1. The zero-order chi connectivity index (χ0) is 19.9. The maximum atomic E-state index is 5.13. The minimum absolute atomic E-state index is 0.942. The summed E-state index contributed by atoms with van der Waals surface area (Å²) in [5, 5.41) is 2.25. The Kier molecular flexibility index (Phi) is 3.82. The fraction of sp³-hybridized carbons (Fsp3) is 0. The molecule has 6 aromatic rings. The number of pyridine rings is 2. The highest BCUT2D eigenvalue weighted by molar-refractivity contribution is 6.16. The lowest BCUT2D eigenvalue weighted by molar-refractivity contribution is 1.43. The van der Waals surface area contributed by atoms with E-state index in [-0.39, 0.29) is 0 Å². The molecule has 0 unspecified atom stereocenters. The third kappa shape index (κ3) is 2.58. The number of fused-ring (bicyclic) bond motifs is 3. The molecule has 4 aromatic carbocycles. The van der Waals surface area contributed by atoms with Crippen LogP contribution in [0.15, 0.2) is 109 Å². The van der Waals surface area contributed by atoms with E-state index in [0.29, 0.717) is 0 Å². The number of hydrogen-bond acceptors (Lipinski definition) is 2. The second-order valence-electron chi connectivity index (χ2n) is 7.44. The molecule has 30 heavy (non-hydrogen) atoms. The molecule has 0 saturated carbocycles. The van der Waals surface area contributed by atoms with Crippen molar-refractivity contribution in [2.75, 3.05) is 0 Å². The number of benzene rings is 4. The van der Waals surface area contributed by atoms with Gasteiger partial charge in [-0.25, -0.2) is 9.97 Å².